The van der Waals surface area contributed by atoms with Gasteiger partial charge in [-0.15, -0.1) is 0 Å². The maximum atomic E-state index is 12.9. The summed E-state index contributed by atoms with van der Waals surface area (Å²) in [7, 11) is 3.31. The van der Waals surface area contributed by atoms with E-state index in [1.807, 2.05) is 30.3 Å². The summed E-state index contributed by atoms with van der Waals surface area (Å²) in [5.74, 6) is 1.52. The SMILES string of the molecule is COc1ccc(CNc2c(C(=O)OC3CC3)cnc3cc(OC)c(C(C)C)cc23)cc1. The van der Waals surface area contributed by atoms with E-state index in [0.717, 1.165) is 52.1 Å². The van der Waals surface area contributed by atoms with Crippen LogP contribution in [-0.2, 0) is 11.3 Å². The number of carbonyl (C=O) groups is 1. The molecule has 1 fully saturated rings. The number of hydrogen-bond acceptors (Lipinski definition) is 6. The van der Waals surface area contributed by atoms with Crippen LogP contribution < -0.4 is 14.8 Å². The van der Waals surface area contributed by atoms with E-state index in [9.17, 15) is 4.79 Å². The zero-order valence-electron chi connectivity index (χ0n) is 18.4. The molecule has 0 aliphatic heterocycles. The summed E-state index contributed by atoms with van der Waals surface area (Å²) in [4.78, 5) is 17.4. The standard InChI is InChI=1S/C25H28N2O4/c1-15(2)19-11-20-22(12-23(19)30-4)26-14-21(25(28)31-18-9-10-18)24(20)27-13-16-5-7-17(29-3)8-6-16/h5-8,11-12,14-15,18H,9-10,13H2,1-4H3,(H,26,27). The first-order valence-corrected chi connectivity index (χ1v) is 10.6. The number of methoxy groups -OCH3 is 2. The van der Waals surface area contributed by atoms with Crippen LogP contribution in [0.2, 0.25) is 0 Å². The van der Waals surface area contributed by atoms with Gasteiger partial charge >= 0.3 is 5.97 Å². The third-order valence-corrected chi connectivity index (χ3v) is 5.49. The highest BCUT2D eigenvalue weighted by molar-refractivity contribution is 6.05. The third kappa shape index (κ3) is 4.58. The van der Waals surface area contributed by atoms with Crippen LogP contribution in [-0.4, -0.2) is 31.3 Å². The van der Waals surface area contributed by atoms with Gasteiger partial charge in [-0.05, 0) is 48.1 Å². The second-order valence-electron chi connectivity index (χ2n) is 8.12. The van der Waals surface area contributed by atoms with Gasteiger partial charge in [-0.25, -0.2) is 4.79 Å². The summed E-state index contributed by atoms with van der Waals surface area (Å²) in [6.07, 6.45) is 3.48. The maximum absolute atomic E-state index is 12.9. The zero-order valence-corrected chi connectivity index (χ0v) is 18.4. The van der Waals surface area contributed by atoms with Crippen molar-refractivity contribution in [3.05, 3.63) is 59.3 Å². The molecule has 1 aliphatic rings. The van der Waals surface area contributed by atoms with Gasteiger partial charge in [0.15, 0.2) is 0 Å². The summed E-state index contributed by atoms with van der Waals surface area (Å²) < 4.78 is 16.4. The monoisotopic (exact) mass is 420 g/mol. The molecule has 6 nitrogen and oxygen atoms in total. The number of nitrogens with one attached hydrogen (secondary N) is 1. The molecule has 2 aromatic carbocycles. The number of rotatable bonds is 8. The fourth-order valence-electron chi connectivity index (χ4n) is 3.54. The van der Waals surface area contributed by atoms with Crippen molar-refractivity contribution in [3.8, 4) is 11.5 Å². The predicted octanol–water partition coefficient (Wildman–Crippen LogP) is 5.31. The van der Waals surface area contributed by atoms with Crippen LogP contribution >= 0.6 is 0 Å². The Morgan fingerprint density at radius 3 is 2.48 bits per heavy atom. The molecule has 162 valence electrons. The van der Waals surface area contributed by atoms with E-state index in [0.29, 0.717) is 12.1 Å². The van der Waals surface area contributed by atoms with E-state index in [2.05, 4.69) is 30.2 Å². The average molecular weight is 421 g/mol. The summed E-state index contributed by atoms with van der Waals surface area (Å²) >= 11 is 0. The van der Waals surface area contributed by atoms with Crippen LogP contribution in [0.5, 0.6) is 11.5 Å². The highest BCUT2D eigenvalue weighted by Gasteiger charge is 2.28. The number of ether oxygens (including phenoxy) is 3. The van der Waals surface area contributed by atoms with Crippen molar-refractivity contribution in [3.63, 3.8) is 0 Å². The molecule has 31 heavy (non-hydrogen) atoms. The van der Waals surface area contributed by atoms with Gasteiger partial charge in [0.25, 0.3) is 0 Å². The summed E-state index contributed by atoms with van der Waals surface area (Å²) in [6, 6.07) is 11.8. The zero-order chi connectivity index (χ0) is 22.0. The molecule has 6 heteroatoms. The number of esters is 1. The first-order valence-electron chi connectivity index (χ1n) is 10.6. The van der Waals surface area contributed by atoms with Gasteiger partial charge in [0.05, 0.1) is 25.4 Å². The Bertz CT molecular complexity index is 1090. The minimum absolute atomic E-state index is 0.0275. The lowest BCUT2D eigenvalue weighted by atomic mass is 9.98. The van der Waals surface area contributed by atoms with Gasteiger partial charge in [0, 0.05) is 24.2 Å². The molecule has 0 saturated heterocycles. The lowest BCUT2D eigenvalue weighted by Crippen LogP contribution is -2.12. The van der Waals surface area contributed by atoms with Gasteiger partial charge in [-0.2, -0.15) is 0 Å². The molecular weight excluding hydrogens is 392 g/mol. The lowest BCUT2D eigenvalue weighted by Gasteiger charge is -2.18. The van der Waals surface area contributed by atoms with E-state index in [1.54, 1.807) is 20.4 Å². The first-order chi connectivity index (χ1) is 15.0. The van der Waals surface area contributed by atoms with E-state index in [-0.39, 0.29) is 18.0 Å². The molecule has 1 heterocycles. The Morgan fingerprint density at radius 2 is 1.87 bits per heavy atom. The van der Waals surface area contributed by atoms with Crippen LogP contribution in [0.15, 0.2) is 42.6 Å². The number of anilines is 1. The minimum Gasteiger partial charge on any atom is -0.497 e. The Kier molecular flexibility index (Phi) is 5.98. The molecule has 0 amide bonds. The lowest BCUT2D eigenvalue weighted by molar-refractivity contribution is 0.0473. The Hall–Kier alpha value is -3.28. The normalized spacial score (nSPS) is 13.3. The van der Waals surface area contributed by atoms with Crippen LogP contribution in [0, 0.1) is 0 Å². The molecular formula is C25H28N2O4. The number of nitrogens with zero attached hydrogens (tertiary/aromatic N) is 1. The maximum Gasteiger partial charge on any atom is 0.342 e. The van der Waals surface area contributed by atoms with Gasteiger partial charge < -0.3 is 19.5 Å². The predicted molar refractivity (Wildman–Crippen MR) is 121 cm³/mol. The molecule has 1 aromatic heterocycles. The summed E-state index contributed by atoms with van der Waals surface area (Å²) in [6.45, 7) is 4.79. The quantitative estimate of drug-likeness (QED) is 0.498. The van der Waals surface area contributed by atoms with Crippen LogP contribution in [0.4, 0.5) is 5.69 Å². The van der Waals surface area contributed by atoms with Crippen molar-refractivity contribution in [1.29, 1.82) is 0 Å². The molecule has 4 rings (SSSR count). The van der Waals surface area contributed by atoms with E-state index in [1.165, 1.54) is 0 Å². The molecule has 1 N–H and O–H groups in total. The fraction of sp³-hybridized carbons (Fsp3) is 0.360. The van der Waals surface area contributed by atoms with Crippen molar-refractivity contribution in [2.24, 2.45) is 0 Å². The first kappa shape index (κ1) is 21.0. The molecule has 1 saturated carbocycles. The largest absolute Gasteiger partial charge is 0.497 e. The van der Waals surface area contributed by atoms with Gasteiger partial charge in [-0.3, -0.25) is 4.98 Å². The molecule has 0 bridgehead atoms. The van der Waals surface area contributed by atoms with Gasteiger partial charge in [0.2, 0.25) is 0 Å². The number of carbonyl (C=O) groups excluding carboxylic acids is 1. The second-order valence-corrected chi connectivity index (χ2v) is 8.12. The van der Waals surface area contributed by atoms with Crippen molar-refractivity contribution in [1.82, 2.24) is 4.98 Å². The number of pyridine rings is 1. The molecule has 0 radical (unpaired) electrons. The van der Waals surface area contributed by atoms with E-state index in [4.69, 9.17) is 14.2 Å². The fourth-order valence-corrected chi connectivity index (χ4v) is 3.54. The average Bonchev–Trinajstić information content (AvgIpc) is 3.60. The number of benzene rings is 2. The highest BCUT2D eigenvalue weighted by atomic mass is 16.5. The third-order valence-electron chi connectivity index (χ3n) is 5.49. The van der Waals surface area contributed by atoms with Crippen molar-refractivity contribution < 1.29 is 19.0 Å². The number of fused-ring (bicyclic) bond motifs is 1. The molecule has 0 unspecified atom stereocenters. The minimum atomic E-state index is -0.337. The molecule has 3 aromatic rings. The van der Waals surface area contributed by atoms with Crippen molar-refractivity contribution in [2.75, 3.05) is 19.5 Å². The second kappa shape index (κ2) is 8.84. The van der Waals surface area contributed by atoms with E-state index >= 15 is 0 Å². The summed E-state index contributed by atoms with van der Waals surface area (Å²) in [5.41, 5.74) is 4.09. The van der Waals surface area contributed by atoms with Gasteiger partial charge in [-0.1, -0.05) is 26.0 Å². The highest BCUT2D eigenvalue weighted by Crippen LogP contribution is 2.36. The van der Waals surface area contributed by atoms with Crippen LogP contribution in [0.3, 0.4) is 0 Å². The topological polar surface area (TPSA) is 69.7 Å². The smallest absolute Gasteiger partial charge is 0.342 e. The van der Waals surface area contributed by atoms with Crippen molar-refractivity contribution >= 4 is 22.6 Å². The Balaban J connectivity index is 1.76. The Morgan fingerprint density at radius 1 is 1.13 bits per heavy atom. The summed E-state index contributed by atoms with van der Waals surface area (Å²) in [5, 5.41) is 4.34. The number of aromatic nitrogens is 1. The Labute approximate surface area is 182 Å². The molecule has 1 aliphatic carbocycles. The van der Waals surface area contributed by atoms with Crippen LogP contribution in [0.25, 0.3) is 10.9 Å². The number of hydrogen-bond donors (Lipinski definition) is 1. The van der Waals surface area contributed by atoms with Crippen LogP contribution in [0.1, 0.15) is 54.1 Å². The van der Waals surface area contributed by atoms with Crippen molar-refractivity contribution in [2.45, 2.75) is 45.3 Å². The van der Waals surface area contributed by atoms with E-state index < -0.39 is 0 Å². The molecule has 0 spiro atoms. The van der Waals surface area contributed by atoms with Gasteiger partial charge in [0.1, 0.15) is 23.2 Å². The molecule has 0 atom stereocenters.